The smallest absolute Gasteiger partial charge is 0.307 e. The Kier molecular flexibility index (Phi) is 2.18. The summed E-state index contributed by atoms with van der Waals surface area (Å²) in [6.45, 7) is 1.70. The zero-order valence-corrected chi connectivity index (χ0v) is 6.40. The van der Waals surface area contributed by atoms with Crippen LogP contribution in [-0.2, 0) is 6.42 Å². The number of nitrogens with one attached hydrogen (secondary N) is 1. The van der Waals surface area contributed by atoms with Crippen LogP contribution in [0.1, 0.15) is 12.6 Å². The Balaban J connectivity index is 3.40. The predicted octanol–water partition coefficient (Wildman–Crippen LogP) is 0.240. The zero-order valence-electron chi connectivity index (χ0n) is 6.40. The van der Waals surface area contributed by atoms with Crippen LogP contribution < -0.4 is 5.56 Å². The van der Waals surface area contributed by atoms with Gasteiger partial charge in [-0.05, 0) is 6.42 Å². The molecule has 0 aliphatic rings. The van der Waals surface area contributed by atoms with Crippen molar-refractivity contribution in [3.63, 3.8) is 0 Å². The molecule has 6 nitrogen and oxygen atoms in total. The molecule has 6 heteroatoms. The Bertz CT molecular complexity index is 357. The van der Waals surface area contributed by atoms with Gasteiger partial charge in [-0.25, -0.2) is 4.98 Å². The second kappa shape index (κ2) is 3.12. The third kappa shape index (κ3) is 1.31. The normalized spacial score (nSPS) is 9.75. The maximum atomic E-state index is 10.9. The van der Waals surface area contributed by atoms with Crippen molar-refractivity contribution in [3.05, 3.63) is 32.5 Å². The number of nitro groups is 1. The van der Waals surface area contributed by atoms with Gasteiger partial charge in [0.15, 0.2) is 0 Å². The summed E-state index contributed by atoms with van der Waals surface area (Å²) in [6.07, 6.45) is 1.54. The summed E-state index contributed by atoms with van der Waals surface area (Å²) in [6, 6.07) is 0. The van der Waals surface area contributed by atoms with Gasteiger partial charge in [-0.2, -0.15) is 0 Å². The van der Waals surface area contributed by atoms with Gasteiger partial charge in [0.1, 0.15) is 5.69 Å². The number of aromatic amines is 1. The van der Waals surface area contributed by atoms with Crippen LogP contribution in [0.25, 0.3) is 0 Å². The highest BCUT2D eigenvalue weighted by Crippen LogP contribution is 2.08. The van der Waals surface area contributed by atoms with E-state index in [0.717, 1.165) is 6.33 Å². The van der Waals surface area contributed by atoms with Gasteiger partial charge >= 0.3 is 11.2 Å². The maximum absolute atomic E-state index is 10.9. The molecule has 0 aliphatic heterocycles. The SMILES string of the molecule is CCc1nc[nH]c(=O)c1[N+](=O)[O-]. The highest BCUT2D eigenvalue weighted by atomic mass is 16.6. The lowest BCUT2D eigenvalue weighted by molar-refractivity contribution is -0.387. The van der Waals surface area contributed by atoms with Crippen LogP contribution in [0.4, 0.5) is 5.69 Å². The molecule has 0 fully saturated rings. The van der Waals surface area contributed by atoms with Crippen molar-refractivity contribution >= 4 is 5.69 Å². The van der Waals surface area contributed by atoms with Gasteiger partial charge in [0.05, 0.1) is 11.3 Å². The maximum Gasteiger partial charge on any atom is 0.355 e. The number of hydrogen-bond acceptors (Lipinski definition) is 4. The first-order chi connectivity index (χ1) is 5.66. The quantitative estimate of drug-likeness (QED) is 0.507. The zero-order chi connectivity index (χ0) is 9.14. The minimum atomic E-state index is -0.718. The molecule has 0 saturated heterocycles. The van der Waals surface area contributed by atoms with E-state index in [2.05, 4.69) is 9.97 Å². The van der Waals surface area contributed by atoms with Gasteiger partial charge in [0, 0.05) is 0 Å². The van der Waals surface area contributed by atoms with E-state index in [-0.39, 0.29) is 5.69 Å². The molecule has 0 aromatic carbocycles. The Morgan fingerprint density at radius 1 is 1.75 bits per heavy atom. The summed E-state index contributed by atoms with van der Waals surface area (Å²) < 4.78 is 0. The summed E-state index contributed by atoms with van der Waals surface area (Å²) in [7, 11) is 0. The van der Waals surface area contributed by atoms with Crippen LogP contribution in [0.5, 0.6) is 0 Å². The molecule has 1 rings (SSSR count). The van der Waals surface area contributed by atoms with Crippen molar-refractivity contribution in [2.45, 2.75) is 13.3 Å². The molecule has 0 unspecified atom stereocenters. The van der Waals surface area contributed by atoms with Crippen molar-refractivity contribution in [1.82, 2.24) is 9.97 Å². The van der Waals surface area contributed by atoms with E-state index in [9.17, 15) is 14.9 Å². The Hall–Kier alpha value is -1.72. The second-order valence-corrected chi connectivity index (χ2v) is 2.14. The van der Waals surface area contributed by atoms with E-state index >= 15 is 0 Å². The van der Waals surface area contributed by atoms with Gasteiger partial charge in [0.25, 0.3) is 0 Å². The lowest BCUT2D eigenvalue weighted by Crippen LogP contribution is -2.14. The molecule has 1 aromatic rings. The fourth-order valence-electron chi connectivity index (χ4n) is 0.876. The number of nitrogens with zero attached hydrogens (tertiary/aromatic N) is 2. The Morgan fingerprint density at radius 2 is 2.42 bits per heavy atom. The van der Waals surface area contributed by atoms with E-state index in [4.69, 9.17) is 0 Å². The van der Waals surface area contributed by atoms with E-state index < -0.39 is 16.2 Å². The van der Waals surface area contributed by atoms with E-state index in [1.165, 1.54) is 0 Å². The molecule has 1 aromatic heterocycles. The first kappa shape index (κ1) is 8.38. The van der Waals surface area contributed by atoms with Crippen LogP contribution in [0, 0.1) is 10.1 Å². The standard InChI is InChI=1S/C6H7N3O3/c1-2-4-5(9(11)12)6(10)8-3-7-4/h3H,2H2,1H3,(H,7,8,10). The van der Waals surface area contributed by atoms with Gasteiger partial charge < -0.3 is 4.98 Å². The average Bonchev–Trinajstić information content (AvgIpc) is 2.03. The lowest BCUT2D eigenvalue weighted by Gasteiger charge is -1.94. The van der Waals surface area contributed by atoms with Crippen molar-refractivity contribution in [3.8, 4) is 0 Å². The van der Waals surface area contributed by atoms with E-state index in [1.54, 1.807) is 6.92 Å². The highest BCUT2D eigenvalue weighted by molar-refractivity contribution is 5.31. The van der Waals surface area contributed by atoms with Crippen LogP contribution in [0.15, 0.2) is 11.1 Å². The summed E-state index contributed by atoms with van der Waals surface area (Å²) >= 11 is 0. The largest absolute Gasteiger partial charge is 0.355 e. The number of aryl methyl sites for hydroxylation is 1. The summed E-state index contributed by atoms with van der Waals surface area (Å²) in [5.74, 6) is 0. The molecule has 0 radical (unpaired) electrons. The monoisotopic (exact) mass is 169 g/mol. The highest BCUT2D eigenvalue weighted by Gasteiger charge is 2.17. The molecule has 0 bridgehead atoms. The molecular weight excluding hydrogens is 162 g/mol. The first-order valence-corrected chi connectivity index (χ1v) is 3.37. The van der Waals surface area contributed by atoms with Gasteiger partial charge in [-0.1, -0.05) is 6.92 Å². The fraction of sp³-hybridized carbons (Fsp3) is 0.333. The third-order valence-corrected chi connectivity index (χ3v) is 1.42. The van der Waals surface area contributed by atoms with Crippen molar-refractivity contribution in [1.29, 1.82) is 0 Å². The minimum Gasteiger partial charge on any atom is -0.307 e. The van der Waals surface area contributed by atoms with Crippen LogP contribution in [-0.4, -0.2) is 14.9 Å². The molecule has 0 spiro atoms. The molecule has 12 heavy (non-hydrogen) atoms. The third-order valence-electron chi connectivity index (χ3n) is 1.42. The van der Waals surface area contributed by atoms with Crippen LogP contribution >= 0.6 is 0 Å². The number of hydrogen-bond donors (Lipinski definition) is 1. The van der Waals surface area contributed by atoms with E-state index in [1.807, 2.05) is 0 Å². The van der Waals surface area contributed by atoms with E-state index in [0.29, 0.717) is 6.42 Å². The first-order valence-electron chi connectivity index (χ1n) is 3.37. The van der Waals surface area contributed by atoms with Gasteiger partial charge in [-0.3, -0.25) is 14.9 Å². The topological polar surface area (TPSA) is 88.9 Å². The summed E-state index contributed by atoms with van der Waals surface area (Å²) in [5, 5.41) is 10.3. The lowest BCUT2D eigenvalue weighted by atomic mass is 10.3. The summed E-state index contributed by atoms with van der Waals surface area (Å²) in [4.78, 5) is 26.4. The number of rotatable bonds is 2. The molecule has 0 aliphatic carbocycles. The van der Waals surface area contributed by atoms with Crippen molar-refractivity contribution in [2.75, 3.05) is 0 Å². The molecule has 1 N–H and O–H groups in total. The Morgan fingerprint density at radius 3 is 2.83 bits per heavy atom. The van der Waals surface area contributed by atoms with Gasteiger partial charge in [-0.15, -0.1) is 0 Å². The average molecular weight is 169 g/mol. The molecule has 0 saturated carbocycles. The molecule has 0 amide bonds. The molecular formula is C6H7N3O3. The molecule has 1 heterocycles. The second-order valence-electron chi connectivity index (χ2n) is 2.14. The van der Waals surface area contributed by atoms with Crippen LogP contribution in [0.3, 0.4) is 0 Å². The molecule has 64 valence electrons. The van der Waals surface area contributed by atoms with Gasteiger partial charge in [0.2, 0.25) is 0 Å². The minimum absolute atomic E-state index is 0.212. The van der Waals surface area contributed by atoms with Crippen LogP contribution in [0.2, 0.25) is 0 Å². The molecule has 0 atom stereocenters. The predicted molar refractivity (Wildman–Crippen MR) is 40.9 cm³/mol. The number of aromatic nitrogens is 2. The number of H-pyrrole nitrogens is 1. The van der Waals surface area contributed by atoms with Crippen molar-refractivity contribution < 1.29 is 4.92 Å². The summed E-state index contributed by atoms with van der Waals surface area (Å²) in [5.41, 5.74) is -0.949. The fourth-order valence-corrected chi connectivity index (χ4v) is 0.876. The van der Waals surface area contributed by atoms with Crippen molar-refractivity contribution in [2.24, 2.45) is 0 Å². The Labute approximate surface area is 67.4 Å².